The van der Waals surface area contributed by atoms with E-state index in [1.54, 1.807) is 23.8 Å². The smallest absolute Gasteiger partial charge is 0.261 e. The third-order valence-corrected chi connectivity index (χ3v) is 6.70. The van der Waals surface area contributed by atoms with Gasteiger partial charge < -0.3 is 15.0 Å². The number of methoxy groups -OCH3 is 1. The van der Waals surface area contributed by atoms with Gasteiger partial charge in [0.05, 0.1) is 11.5 Å². The minimum absolute atomic E-state index is 0.0787. The summed E-state index contributed by atoms with van der Waals surface area (Å²) in [6.45, 7) is 0.992. The van der Waals surface area contributed by atoms with Crippen molar-refractivity contribution in [1.82, 2.24) is 10.2 Å². The highest BCUT2D eigenvalue weighted by molar-refractivity contribution is 8.04. The number of rotatable bonds is 6. The van der Waals surface area contributed by atoms with Crippen molar-refractivity contribution < 1.29 is 14.3 Å². The van der Waals surface area contributed by atoms with Crippen molar-refractivity contribution in [2.24, 2.45) is 0 Å². The van der Waals surface area contributed by atoms with Crippen molar-refractivity contribution >= 4 is 41.3 Å². The van der Waals surface area contributed by atoms with E-state index in [1.807, 2.05) is 30.3 Å². The molecule has 1 aliphatic carbocycles. The molecule has 0 aromatic heterocycles. The molecule has 2 atom stereocenters. The summed E-state index contributed by atoms with van der Waals surface area (Å²) in [4.78, 5) is 27.9. The third-order valence-electron chi connectivity index (χ3n) is 4.95. The van der Waals surface area contributed by atoms with Gasteiger partial charge in [-0.25, -0.2) is 0 Å². The molecule has 1 heterocycles. The monoisotopic (exact) mass is 408 g/mol. The van der Waals surface area contributed by atoms with E-state index in [9.17, 15) is 9.59 Å². The molecular formula is C20H25ClN2O3S. The summed E-state index contributed by atoms with van der Waals surface area (Å²) in [5.41, 5.74) is 0.828. The van der Waals surface area contributed by atoms with Crippen LogP contribution in [0.25, 0.3) is 6.08 Å². The number of carbonyl (C=O) groups excluding carboxylic acids is 2. The summed E-state index contributed by atoms with van der Waals surface area (Å²) in [5.74, 6) is -0.223. The van der Waals surface area contributed by atoms with Gasteiger partial charge in [0.15, 0.2) is 0 Å². The predicted molar refractivity (Wildman–Crippen MR) is 110 cm³/mol. The Hall–Kier alpha value is -1.50. The second-order valence-electron chi connectivity index (χ2n) is 6.81. The van der Waals surface area contributed by atoms with E-state index in [0.29, 0.717) is 28.3 Å². The molecule has 1 N–H and O–H groups in total. The Morgan fingerprint density at radius 3 is 2.93 bits per heavy atom. The number of nitrogens with one attached hydrogen (secondary N) is 1. The second kappa shape index (κ2) is 9.62. The molecule has 3 rings (SSSR count). The number of amides is 2. The molecule has 0 bridgehead atoms. The number of ether oxygens (including phenoxy) is 1. The van der Waals surface area contributed by atoms with E-state index in [0.717, 1.165) is 31.2 Å². The van der Waals surface area contributed by atoms with Crippen LogP contribution in [0.5, 0.6) is 0 Å². The number of fused-ring (bicyclic) bond motifs is 1. The highest BCUT2D eigenvalue weighted by Gasteiger charge is 2.41. The van der Waals surface area contributed by atoms with Crippen LogP contribution in [0.2, 0.25) is 5.02 Å². The zero-order valence-corrected chi connectivity index (χ0v) is 17.0. The first kappa shape index (κ1) is 20.2. The van der Waals surface area contributed by atoms with Crippen LogP contribution in [-0.4, -0.2) is 54.8 Å². The van der Waals surface area contributed by atoms with Crippen molar-refractivity contribution in [3.63, 3.8) is 0 Å². The Balaban J connectivity index is 1.80. The molecule has 2 fully saturated rings. The van der Waals surface area contributed by atoms with Gasteiger partial charge in [-0.1, -0.05) is 42.6 Å². The van der Waals surface area contributed by atoms with E-state index >= 15 is 0 Å². The van der Waals surface area contributed by atoms with Crippen LogP contribution >= 0.6 is 23.4 Å². The van der Waals surface area contributed by atoms with Crippen molar-refractivity contribution in [1.29, 1.82) is 0 Å². The molecule has 27 heavy (non-hydrogen) atoms. The van der Waals surface area contributed by atoms with Crippen molar-refractivity contribution in [2.45, 2.75) is 37.0 Å². The van der Waals surface area contributed by atoms with Gasteiger partial charge in [0.1, 0.15) is 6.54 Å². The van der Waals surface area contributed by atoms with Gasteiger partial charge in [0.25, 0.3) is 5.91 Å². The molecule has 1 aliphatic heterocycles. The van der Waals surface area contributed by atoms with Gasteiger partial charge in [-0.3, -0.25) is 9.59 Å². The summed E-state index contributed by atoms with van der Waals surface area (Å²) in [5, 5.41) is 3.76. The average Bonchev–Trinajstić information content (AvgIpc) is 2.67. The molecule has 1 saturated heterocycles. The highest BCUT2D eigenvalue weighted by Crippen LogP contribution is 2.42. The fraction of sp³-hybridized carbons (Fsp3) is 0.500. The van der Waals surface area contributed by atoms with Crippen LogP contribution in [0.15, 0.2) is 29.2 Å². The lowest BCUT2D eigenvalue weighted by atomic mass is 9.93. The standard InChI is InChI=1S/C20H25ClN2O3S/c1-26-11-10-22-19(24)13-23-16-8-4-5-9-17(16)27-18(20(23)25)12-14-6-2-3-7-15(14)21/h2-3,6-7,12,16-17H,4-5,8-11,13H2,1H3,(H,22,24)/b18-12+. The van der Waals surface area contributed by atoms with Crippen LogP contribution in [-0.2, 0) is 14.3 Å². The molecule has 7 heteroatoms. The van der Waals surface area contributed by atoms with E-state index in [1.165, 1.54) is 0 Å². The Morgan fingerprint density at radius 1 is 1.37 bits per heavy atom. The molecular weight excluding hydrogens is 384 g/mol. The largest absolute Gasteiger partial charge is 0.383 e. The molecule has 2 amide bonds. The summed E-state index contributed by atoms with van der Waals surface area (Å²) in [7, 11) is 1.59. The van der Waals surface area contributed by atoms with Crippen LogP contribution < -0.4 is 5.32 Å². The molecule has 5 nitrogen and oxygen atoms in total. The number of carbonyl (C=O) groups is 2. The number of hydrogen-bond acceptors (Lipinski definition) is 4. The number of thioether (sulfide) groups is 1. The van der Waals surface area contributed by atoms with Crippen molar-refractivity contribution in [3.8, 4) is 0 Å². The zero-order chi connectivity index (χ0) is 19.2. The average molecular weight is 409 g/mol. The van der Waals surface area contributed by atoms with Gasteiger partial charge in [-0.2, -0.15) is 0 Å². The van der Waals surface area contributed by atoms with Gasteiger partial charge >= 0.3 is 0 Å². The number of benzene rings is 1. The maximum atomic E-state index is 13.2. The molecule has 0 radical (unpaired) electrons. The minimum atomic E-state index is -0.145. The maximum absolute atomic E-state index is 13.2. The van der Waals surface area contributed by atoms with E-state index in [-0.39, 0.29) is 24.4 Å². The molecule has 2 aliphatic rings. The lowest BCUT2D eigenvalue weighted by Gasteiger charge is -2.43. The summed E-state index contributed by atoms with van der Waals surface area (Å²) < 4.78 is 4.96. The lowest BCUT2D eigenvalue weighted by molar-refractivity contribution is -0.135. The van der Waals surface area contributed by atoms with Crippen molar-refractivity contribution in [3.05, 3.63) is 39.8 Å². The molecule has 2 unspecified atom stereocenters. The fourth-order valence-electron chi connectivity index (χ4n) is 3.60. The van der Waals surface area contributed by atoms with Crippen LogP contribution in [0, 0.1) is 0 Å². The van der Waals surface area contributed by atoms with Gasteiger partial charge in [-0.15, -0.1) is 11.8 Å². The Kier molecular flexibility index (Phi) is 7.21. The molecule has 0 spiro atoms. The number of halogens is 1. The van der Waals surface area contributed by atoms with Crippen LogP contribution in [0.1, 0.15) is 31.2 Å². The predicted octanol–water partition coefficient (Wildman–Crippen LogP) is 3.33. The van der Waals surface area contributed by atoms with Crippen LogP contribution in [0.3, 0.4) is 0 Å². The number of hydrogen-bond donors (Lipinski definition) is 1. The minimum Gasteiger partial charge on any atom is -0.383 e. The first-order valence-electron chi connectivity index (χ1n) is 9.29. The first-order chi connectivity index (χ1) is 13.1. The Bertz CT molecular complexity index is 725. The topological polar surface area (TPSA) is 58.6 Å². The Labute approximate surface area is 169 Å². The van der Waals surface area contributed by atoms with E-state index in [2.05, 4.69) is 5.32 Å². The lowest BCUT2D eigenvalue weighted by Crippen LogP contribution is -2.54. The Morgan fingerprint density at radius 2 is 2.15 bits per heavy atom. The molecule has 146 valence electrons. The van der Waals surface area contributed by atoms with E-state index in [4.69, 9.17) is 16.3 Å². The molecule has 1 aromatic rings. The van der Waals surface area contributed by atoms with Crippen LogP contribution in [0.4, 0.5) is 0 Å². The molecule has 1 saturated carbocycles. The maximum Gasteiger partial charge on any atom is 0.261 e. The molecule has 1 aromatic carbocycles. The number of nitrogens with zero attached hydrogens (tertiary/aromatic N) is 1. The fourth-order valence-corrected chi connectivity index (χ4v) is 5.25. The summed E-state index contributed by atoms with van der Waals surface area (Å²) in [6.07, 6.45) is 6.13. The van der Waals surface area contributed by atoms with Gasteiger partial charge in [0.2, 0.25) is 5.91 Å². The highest BCUT2D eigenvalue weighted by atomic mass is 35.5. The summed E-state index contributed by atoms with van der Waals surface area (Å²) in [6, 6.07) is 7.61. The third kappa shape index (κ3) is 5.06. The second-order valence-corrected chi connectivity index (χ2v) is 8.50. The normalized spacial score (nSPS) is 24.0. The first-order valence-corrected chi connectivity index (χ1v) is 10.6. The SMILES string of the molecule is COCCNC(=O)CN1C(=O)/C(=C\c2ccccc2Cl)SC2CCCCC21. The van der Waals surface area contributed by atoms with Gasteiger partial charge in [-0.05, 0) is 30.5 Å². The van der Waals surface area contributed by atoms with E-state index < -0.39 is 0 Å². The quantitative estimate of drug-likeness (QED) is 0.579. The summed E-state index contributed by atoms with van der Waals surface area (Å²) >= 11 is 7.90. The van der Waals surface area contributed by atoms with Gasteiger partial charge in [0, 0.05) is 30.0 Å². The zero-order valence-electron chi connectivity index (χ0n) is 15.4. The van der Waals surface area contributed by atoms with Crippen molar-refractivity contribution in [2.75, 3.05) is 26.8 Å².